The molecule has 7 heteroatoms. The first kappa shape index (κ1) is 22.5. The van der Waals surface area contributed by atoms with Crippen molar-refractivity contribution in [1.29, 1.82) is 0 Å². The third-order valence-corrected chi connectivity index (χ3v) is 7.98. The Morgan fingerprint density at radius 2 is 1.59 bits per heavy atom. The topological polar surface area (TPSA) is 69.9 Å². The second kappa shape index (κ2) is 8.43. The van der Waals surface area contributed by atoms with E-state index in [-0.39, 0.29) is 18.1 Å². The van der Waals surface area contributed by atoms with Gasteiger partial charge in [0.25, 0.3) is 0 Å². The Hall–Kier alpha value is -3.68. The lowest BCUT2D eigenvalue weighted by atomic mass is 9.76. The maximum absolute atomic E-state index is 6.40. The van der Waals surface area contributed by atoms with Crippen molar-refractivity contribution in [3.05, 3.63) is 83.4 Å². The molecule has 7 nitrogen and oxygen atoms in total. The van der Waals surface area contributed by atoms with Crippen molar-refractivity contribution in [2.75, 3.05) is 13.4 Å². The van der Waals surface area contributed by atoms with Crippen LogP contribution in [0.1, 0.15) is 37.0 Å². The Bertz CT molecular complexity index is 1460. The molecule has 1 saturated heterocycles. The highest BCUT2D eigenvalue weighted by Gasteiger charge is 2.52. The summed E-state index contributed by atoms with van der Waals surface area (Å²) < 4.78 is 23.4. The van der Waals surface area contributed by atoms with E-state index in [9.17, 15) is 0 Å². The van der Waals surface area contributed by atoms with Crippen molar-refractivity contribution in [3.63, 3.8) is 0 Å². The molecule has 3 heterocycles. The molecule has 0 radical (unpaired) electrons. The van der Waals surface area contributed by atoms with E-state index in [1.807, 2.05) is 18.2 Å². The van der Waals surface area contributed by atoms with Crippen LogP contribution in [0, 0.1) is 0 Å². The van der Waals surface area contributed by atoms with Crippen molar-refractivity contribution in [2.24, 2.45) is 0 Å². The molecule has 1 aromatic heterocycles. The number of ether oxygens (including phenoxy) is 3. The number of rotatable bonds is 4. The van der Waals surface area contributed by atoms with Crippen LogP contribution in [-0.2, 0) is 24.1 Å². The van der Waals surface area contributed by atoms with Crippen molar-refractivity contribution in [3.8, 4) is 34.4 Å². The molecule has 2 aliphatic heterocycles. The first-order valence-electron chi connectivity index (χ1n) is 12.8. The minimum Gasteiger partial charge on any atom is -0.454 e. The maximum atomic E-state index is 6.40. The summed E-state index contributed by atoms with van der Waals surface area (Å²) in [7, 11) is 0. The summed E-state index contributed by atoms with van der Waals surface area (Å²) in [4.78, 5) is 2.56. The molecule has 0 saturated carbocycles. The van der Waals surface area contributed by atoms with Crippen LogP contribution in [0.3, 0.4) is 0 Å². The molecule has 0 N–H and O–H groups in total. The first-order chi connectivity index (χ1) is 18.0. The number of aryl methyl sites for hydroxylation is 1. The van der Waals surface area contributed by atoms with Gasteiger partial charge in [0.05, 0.1) is 12.1 Å². The van der Waals surface area contributed by atoms with Gasteiger partial charge in [-0.15, -0.1) is 10.2 Å². The van der Waals surface area contributed by atoms with Gasteiger partial charge in [0, 0.05) is 17.7 Å². The SMILES string of the molecule is CC1(C)OC[C@@]2(CCc3ccc(-c4nnc(-c5ccc6c(c5)OCO6)o4)cc3C2)N1Cc1ccccc1. The normalized spacial score (nSPS) is 21.9. The van der Waals surface area contributed by atoms with Crippen LogP contribution in [0.4, 0.5) is 0 Å². The Kier molecular flexibility index (Phi) is 5.13. The fraction of sp³-hybridized carbons (Fsp3) is 0.333. The molecule has 7 rings (SSSR count). The molecular formula is C30H29N3O4. The quantitative estimate of drug-likeness (QED) is 0.363. The van der Waals surface area contributed by atoms with Crippen LogP contribution in [0.15, 0.2) is 71.1 Å². The van der Waals surface area contributed by atoms with Crippen LogP contribution in [-0.4, -0.2) is 39.8 Å². The second-order valence-electron chi connectivity index (χ2n) is 10.7. The molecule has 1 spiro atoms. The minimum atomic E-state index is -0.322. The van der Waals surface area contributed by atoms with Crippen LogP contribution < -0.4 is 9.47 Å². The van der Waals surface area contributed by atoms with Crippen LogP contribution in [0.2, 0.25) is 0 Å². The predicted octanol–water partition coefficient (Wildman–Crippen LogP) is 5.63. The second-order valence-corrected chi connectivity index (χ2v) is 10.7. The van der Waals surface area contributed by atoms with E-state index in [1.54, 1.807) is 0 Å². The third kappa shape index (κ3) is 3.90. The van der Waals surface area contributed by atoms with E-state index < -0.39 is 0 Å². The van der Waals surface area contributed by atoms with E-state index >= 15 is 0 Å². The Balaban J connectivity index is 1.18. The number of fused-ring (bicyclic) bond motifs is 2. The molecule has 0 unspecified atom stereocenters. The lowest BCUT2D eigenvalue weighted by molar-refractivity contribution is -0.0673. The molecule has 0 bridgehead atoms. The van der Waals surface area contributed by atoms with Gasteiger partial charge in [-0.25, -0.2) is 0 Å². The van der Waals surface area contributed by atoms with E-state index in [2.05, 4.69) is 77.5 Å². The zero-order chi connectivity index (χ0) is 25.0. The summed E-state index contributed by atoms with van der Waals surface area (Å²) in [5.74, 6) is 2.40. The number of nitrogens with zero attached hydrogens (tertiary/aromatic N) is 3. The van der Waals surface area contributed by atoms with E-state index in [4.69, 9.17) is 18.6 Å². The van der Waals surface area contributed by atoms with Crippen molar-refractivity contribution >= 4 is 0 Å². The molecular weight excluding hydrogens is 466 g/mol. The fourth-order valence-corrected chi connectivity index (χ4v) is 5.98. The van der Waals surface area contributed by atoms with E-state index in [1.165, 1.54) is 16.7 Å². The lowest BCUT2D eigenvalue weighted by Gasteiger charge is -2.45. The van der Waals surface area contributed by atoms with Gasteiger partial charge in [0.1, 0.15) is 5.72 Å². The van der Waals surface area contributed by atoms with E-state index in [0.29, 0.717) is 17.5 Å². The molecule has 37 heavy (non-hydrogen) atoms. The first-order valence-corrected chi connectivity index (χ1v) is 12.8. The van der Waals surface area contributed by atoms with Gasteiger partial charge in [-0.3, -0.25) is 4.90 Å². The van der Waals surface area contributed by atoms with Crippen LogP contribution >= 0.6 is 0 Å². The molecule has 0 amide bonds. The Morgan fingerprint density at radius 3 is 2.43 bits per heavy atom. The number of hydrogen-bond acceptors (Lipinski definition) is 7. The molecule has 1 aliphatic carbocycles. The van der Waals surface area contributed by atoms with Gasteiger partial charge in [0.15, 0.2) is 11.5 Å². The largest absolute Gasteiger partial charge is 0.454 e. The van der Waals surface area contributed by atoms with Crippen LogP contribution in [0.5, 0.6) is 11.5 Å². The summed E-state index contributed by atoms with van der Waals surface area (Å²) >= 11 is 0. The Labute approximate surface area is 216 Å². The van der Waals surface area contributed by atoms with E-state index in [0.717, 1.165) is 49.3 Å². The zero-order valence-electron chi connectivity index (χ0n) is 21.1. The minimum absolute atomic E-state index is 0.0442. The Morgan fingerprint density at radius 1 is 0.838 bits per heavy atom. The fourth-order valence-electron chi connectivity index (χ4n) is 5.98. The van der Waals surface area contributed by atoms with Crippen molar-refractivity contribution in [1.82, 2.24) is 15.1 Å². The molecule has 3 aliphatic rings. The highest BCUT2D eigenvalue weighted by molar-refractivity contribution is 5.63. The molecule has 4 aromatic rings. The average Bonchev–Trinajstić information content (AvgIpc) is 3.64. The monoisotopic (exact) mass is 495 g/mol. The van der Waals surface area contributed by atoms with Gasteiger partial charge in [-0.2, -0.15) is 0 Å². The summed E-state index contributed by atoms with van der Waals surface area (Å²) in [6.07, 6.45) is 3.02. The van der Waals surface area contributed by atoms with Gasteiger partial charge >= 0.3 is 0 Å². The number of benzene rings is 3. The molecule has 1 fully saturated rings. The van der Waals surface area contributed by atoms with Gasteiger partial charge in [0.2, 0.25) is 18.6 Å². The molecule has 1 atom stereocenters. The summed E-state index contributed by atoms with van der Waals surface area (Å²) in [5.41, 5.74) is 5.39. The number of hydrogen-bond donors (Lipinski definition) is 0. The number of aromatic nitrogens is 2. The summed E-state index contributed by atoms with van der Waals surface area (Å²) in [6.45, 7) is 6.20. The highest BCUT2D eigenvalue weighted by atomic mass is 16.7. The van der Waals surface area contributed by atoms with Crippen molar-refractivity contribution < 1.29 is 18.6 Å². The molecule has 188 valence electrons. The lowest BCUT2D eigenvalue weighted by Crippen LogP contribution is -2.54. The molecule has 3 aromatic carbocycles. The standard InChI is InChI=1S/C30H29N3O4/c1-29(2)33(17-20-6-4-3-5-7-20)30(18-36-29)13-12-21-8-9-22(14-24(21)16-30)27-31-32-28(37-27)23-10-11-25-26(15-23)35-19-34-25/h3-11,14-15H,12-13,16-19H2,1-2H3/t30-/m0/s1. The van der Waals surface area contributed by atoms with Gasteiger partial charge < -0.3 is 18.6 Å². The smallest absolute Gasteiger partial charge is 0.248 e. The third-order valence-electron chi connectivity index (χ3n) is 7.98. The van der Waals surface area contributed by atoms with Crippen LogP contribution in [0.25, 0.3) is 22.9 Å². The predicted molar refractivity (Wildman–Crippen MR) is 138 cm³/mol. The zero-order valence-corrected chi connectivity index (χ0v) is 21.1. The highest BCUT2D eigenvalue weighted by Crippen LogP contribution is 2.45. The van der Waals surface area contributed by atoms with Gasteiger partial charge in [-0.05, 0) is 80.1 Å². The van der Waals surface area contributed by atoms with Gasteiger partial charge in [-0.1, -0.05) is 36.4 Å². The summed E-state index contributed by atoms with van der Waals surface area (Å²) in [5, 5.41) is 8.67. The van der Waals surface area contributed by atoms with Crippen molar-refractivity contribution in [2.45, 2.75) is 50.9 Å². The summed E-state index contributed by atoms with van der Waals surface area (Å²) in [6, 6.07) is 22.9. The maximum Gasteiger partial charge on any atom is 0.248 e. The average molecular weight is 496 g/mol.